The molecule has 2 atom stereocenters. The summed E-state index contributed by atoms with van der Waals surface area (Å²) < 4.78 is 19.5. The van der Waals surface area contributed by atoms with Gasteiger partial charge in [0.05, 0.1) is 6.20 Å². The van der Waals surface area contributed by atoms with Gasteiger partial charge < -0.3 is 14.5 Å². The van der Waals surface area contributed by atoms with Crippen LogP contribution in [0.25, 0.3) is 0 Å². The van der Waals surface area contributed by atoms with Crippen molar-refractivity contribution in [3.8, 4) is 5.75 Å². The number of piperidine rings is 1. The molecule has 2 aromatic carbocycles. The van der Waals surface area contributed by atoms with E-state index in [0.29, 0.717) is 31.8 Å². The Kier molecular flexibility index (Phi) is 7.47. The number of amides is 2. The zero-order chi connectivity index (χ0) is 23.9. The molecule has 1 aromatic heterocycles. The van der Waals surface area contributed by atoms with Gasteiger partial charge in [-0.15, -0.1) is 0 Å². The summed E-state index contributed by atoms with van der Waals surface area (Å²) in [7, 11) is 1.77. The molecule has 0 saturated carbocycles. The van der Waals surface area contributed by atoms with Gasteiger partial charge in [0.1, 0.15) is 23.4 Å². The molecule has 7 nitrogen and oxygen atoms in total. The van der Waals surface area contributed by atoms with Crippen LogP contribution in [-0.2, 0) is 11.3 Å². The third kappa shape index (κ3) is 5.95. The molecule has 0 N–H and O–H groups in total. The van der Waals surface area contributed by atoms with Crippen LogP contribution < -0.4 is 4.74 Å². The molecule has 176 valence electrons. The highest BCUT2D eigenvalue weighted by Crippen LogP contribution is 2.27. The predicted molar refractivity (Wildman–Crippen MR) is 124 cm³/mol. The Bertz CT molecular complexity index is 1100. The Morgan fingerprint density at radius 2 is 1.88 bits per heavy atom. The highest BCUT2D eigenvalue weighted by molar-refractivity contribution is 5.92. The Morgan fingerprint density at radius 1 is 1.12 bits per heavy atom. The second-order valence-corrected chi connectivity index (χ2v) is 8.44. The van der Waals surface area contributed by atoms with E-state index in [1.54, 1.807) is 29.0 Å². The molecule has 0 radical (unpaired) electrons. The van der Waals surface area contributed by atoms with Crippen molar-refractivity contribution in [3.63, 3.8) is 0 Å². The molecule has 1 fully saturated rings. The Morgan fingerprint density at radius 3 is 2.59 bits per heavy atom. The minimum Gasteiger partial charge on any atom is -0.490 e. The van der Waals surface area contributed by atoms with E-state index in [-0.39, 0.29) is 41.8 Å². The van der Waals surface area contributed by atoms with E-state index < -0.39 is 0 Å². The van der Waals surface area contributed by atoms with E-state index in [1.165, 1.54) is 30.7 Å². The minimum absolute atomic E-state index is 0.0321. The highest BCUT2D eigenvalue weighted by Gasteiger charge is 2.35. The van der Waals surface area contributed by atoms with Crippen molar-refractivity contribution in [1.82, 2.24) is 19.8 Å². The summed E-state index contributed by atoms with van der Waals surface area (Å²) in [5.74, 6) is -0.287. The molecular weight excluding hydrogens is 435 g/mol. The van der Waals surface area contributed by atoms with Crippen LogP contribution >= 0.6 is 0 Å². The molecule has 0 spiro atoms. The maximum atomic E-state index is 13.3. The molecule has 34 heavy (non-hydrogen) atoms. The fourth-order valence-electron chi connectivity index (χ4n) is 4.13. The lowest BCUT2D eigenvalue weighted by molar-refractivity contribution is -0.132. The Hall–Kier alpha value is -3.81. The molecule has 0 unspecified atom stereocenters. The lowest BCUT2D eigenvalue weighted by Gasteiger charge is -2.38. The fourth-order valence-corrected chi connectivity index (χ4v) is 4.13. The quantitative estimate of drug-likeness (QED) is 0.537. The monoisotopic (exact) mass is 462 g/mol. The topological polar surface area (TPSA) is 75.6 Å². The summed E-state index contributed by atoms with van der Waals surface area (Å²) in [6, 6.07) is 15.6. The number of rotatable bonds is 7. The van der Waals surface area contributed by atoms with Crippen molar-refractivity contribution >= 4 is 11.8 Å². The van der Waals surface area contributed by atoms with Crippen molar-refractivity contribution in [3.05, 3.63) is 90.3 Å². The van der Waals surface area contributed by atoms with Gasteiger partial charge in [-0.1, -0.05) is 30.3 Å². The van der Waals surface area contributed by atoms with Crippen molar-refractivity contribution in [2.75, 3.05) is 20.1 Å². The highest BCUT2D eigenvalue weighted by atomic mass is 19.1. The number of carbonyl (C=O) groups excluding carboxylic acids is 2. The van der Waals surface area contributed by atoms with Gasteiger partial charge in [0.25, 0.3) is 5.91 Å². The molecule has 2 amide bonds. The van der Waals surface area contributed by atoms with Crippen LogP contribution in [0.1, 0.15) is 28.9 Å². The number of hydrogen-bond donors (Lipinski definition) is 0. The maximum absolute atomic E-state index is 13.3. The molecule has 2 heterocycles. The van der Waals surface area contributed by atoms with Gasteiger partial charge in [-0.05, 0) is 29.8 Å². The first-order valence-electron chi connectivity index (χ1n) is 11.2. The first-order chi connectivity index (χ1) is 16.5. The number of carbonyl (C=O) groups is 2. The summed E-state index contributed by atoms with van der Waals surface area (Å²) in [5.41, 5.74) is 1.31. The first-order valence-corrected chi connectivity index (χ1v) is 11.2. The molecule has 3 aromatic rings. The van der Waals surface area contributed by atoms with E-state index in [0.717, 1.165) is 5.56 Å². The summed E-state index contributed by atoms with van der Waals surface area (Å²) in [6.45, 7) is 1.32. The van der Waals surface area contributed by atoms with Gasteiger partial charge >= 0.3 is 0 Å². The Labute approximate surface area is 198 Å². The summed E-state index contributed by atoms with van der Waals surface area (Å²) in [4.78, 5) is 37.5. The fraction of sp³-hybridized carbons (Fsp3) is 0.308. The molecule has 0 aliphatic carbocycles. The second-order valence-electron chi connectivity index (χ2n) is 8.44. The van der Waals surface area contributed by atoms with Crippen LogP contribution in [0.4, 0.5) is 4.39 Å². The van der Waals surface area contributed by atoms with Gasteiger partial charge in [-0.25, -0.2) is 9.37 Å². The SMILES string of the molecule is CN(Cc1ccccc1)C(=O)C[C@H]1CN(C(=O)c2cnccn2)CC[C@@H]1Oc1ccc(F)cc1. The lowest BCUT2D eigenvalue weighted by Crippen LogP contribution is -2.49. The average molecular weight is 463 g/mol. The molecule has 1 saturated heterocycles. The van der Waals surface area contributed by atoms with Crippen molar-refractivity contribution in [2.45, 2.75) is 25.5 Å². The standard InChI is InChI=1S/C26H27FN4O3/c1-30(17-19-5-3-2-4-6-19)25(32)15-20-18-31(26(33)23-16-28-12-13-29-23)14-11-24(20)34-22-9-7-21(27)8-10-22/h2-10,12-13,16,20,24H,11,14-15,17-18H2,1H3/t20-,24-/m0/s1. The van der Waals surface area contributed by atoms with Gasteiger partial charge in [-0.3, -0.25) is 14.6 Å². The third-order valence-corrected chi connectivity index (χ3v) is 5.96. The van der Waals surface area contributed by atoms with Gasteiger partial charge in [0, 0.05) is 57.8 Å². The molecule has 4 rings (SSSR count). The summed E-state index contributed by atoms with van der Waals surface area (Å²) in [6.07, 6.45) is 4.92. The first kappa shape index (κ1) is 23.4. The van der Waals surface area contributed by atoms with E-state index in [4.69, 9.17) is 4.74 Å². The summed E-state index contributed by atoms with van der Waals surface area (Å²) in [5, 5.41) is 0. The minimum atomic E-state index is -0.342. The largest absolute Gasteiger partial charge is 0.490 e. The zero-order valence-electron chi connectivity index (χ0n) is 19.0. The molecule has 0 bridgehead atoms. The van der Waals surface area contributed by atoms with E-state index in [2.05, 4.69) is 9.97 Å². The van der Waals surface area contributed by atoms with E-state index >= 15 is 0 Å². The van der Waals surface area contributed by atoms with Gasteiger partial charge in [0.2, 0.25) is 5.91 Å². The summed E-state index contributed by atoms with van der Waals surface area (Å²) >= 11 is 0. The van der Waals surface area contributed by atoms with Crippen LogP contribution in [0.2, 0.25) is 0 Å². The van der Waals surface area contributed by atoms with E-state index in [1.807, 2.05) is 30.3 Å². The van der Waals surface area contributed by atoms with Crippen molar-refractivity contribution < 1.29 is 18.7 Å². The number of likely N-dealkylation sites (tertiary alicyclic amines) is 1. The maximum Gasteiger partial charge on any atom is 0.274 e. The second kappa shape index (κ2) is 10.9. The number of ether oxygens (including phenoxy) is 1. The van der Waals surface area contributed by atoms with Crippen LogP contribution in [-0.4, -0.2) is 57.8 Å². The van der Waals surface area contributed by atoms with Gasteiger partial charge in [-0.2, -0.15) is 0 Å². The number of aromatic nitrogens is 2. The molecule has 1 aliphatic rings. The normalized spacial score (nSPS) is 17.8. The molecule has 8 heteroatoms. The number of hydrogen-bond acceptors (Lipinski definition) is 5. The number of halogens is 1. The van der Waals surface area contributed by atoms with Crippen LogP contribution in [0.5, 0.6) is 5.75 Å². The van der Waals surface area contributed by atoms with Crippen molar-refractivity contribution in [2.24, 2.45) is 5.92 Å². The van der Waals surface area contributed by atoms with Crippen LogP contribution in [0.15, 0.2) is 73.2 Å². The molecular formula is C26H27FN4O3. The van der Waals surface area contributed by atoms with Crippen molar-refractivity contribution in [1.29, 1.82) is 0 Å². The molecule has 1 aliphatic heterocycles. The van der Waals surface area contributed by atoms with E-state index in [9.17, 15) is 14.0 Å². The average Bonchev–Trinajstić information content (AvgIpc) is 2.87. The van der Waals surface area contributed by atoms with Crippen LogP contribution in [0, 0.1) is 11.7 Å². The smallest absolute Gasteiger partial charge is 0.274 e. The number of nitrogens with zero attached hydrogens (tertiary/aromatic N) is 4. The zero-order valence-corrected chi connectivity index (χ0v) is 19.0. The number of benzene rings is 2. The lowest BCUT2D eigenvalue weighted by atomic mass is 9.90. The van der Waals surface area contributed by atoms with Crippen LogP contribution in [0.3, 0.4) is 0 Å². The third-order valence-electron chi connectivity index (χ3n) is 5.96. The predicted octanol–water partition coefficient (Wildman–Crippen LogP) is 3.57. The Balaban J connectivity index is 1.47. The van der Waals surface area contributed by atoms with Gasteiger partial charge in [0.15, 0.2) is 0 Å².